The summed E-state index contributed by atoms with van der Waals surface area (Å²) < 4.78 is 32.5. The van der Waals surface area contributed by atoms with Crippen molar-refractivity contribution in [3.8, 4) is 0 Å². The Morgan fingerprint density at radius 2 is 1.86 bits per heavy atom. The van der Waals surface area contributed by atoms with Crippen molar-refractivity contribution in [1.29, 1.82) is 0 Å². The van der Waals surface area contributed by atoms with Gasteiger partial charge in [-0.1, -0.05) is 30.7 Å². The van der Waals surface area contributed by atoms with Gasteiger partial charge in [-0.15, -0.1) is 0 Å². The van der Waals surface area contributed by atoms with Gasteiger partial charge in [-0.3, -0.25) is 4.99 Å². The van der Waals surface area contributed by atoms with Gasteiger partial charge in [0.25, 0.3) is 0 Å². The van der Waals surface area contributed by atoms with Crippen molar-refractivity contribution in [3.63, 3.8) is 0 Å². The van der Waals surface area contributed by atoms with Crippen LogP contribution in [0, 0.1) is 5.41 Å². The molecule has 2 aliphatic heterocycles. The summed E-state index contributed by atoms with van der Waals surface area (Å²) in [6, 6.07) is 7.78. The minimum absolute atomic E-state index is 0.0241. The molecule has 1 N–H and O–H groups in total. The summed E-state index contributed by atoms with van der Waals surface area (Å²) in [5.74, 6) is 0.940. The maximum absolute atomic E-state index is 12.8. The largest absolute Gasteiger partial charge is 0.379 e. The second-order valence-corrected chi connectivity index (χ2v) is 10.4. The van der Waals surface area contributed by atoms with E-state index >= 15 is 0 Å². The van der Waals surface area contributed by atoms with Crippen molar-refractivity contribution in [2.24, 2.45) is 10.4 Å². The SMILES string of the molecule is CN=C(NCc1ccccc1CS(=O)(=O)N1CCOCC1)N1CCC2(CCC2)C1. The van der Waals surface area contributed by atoms with Gasteiger partial charge in [0.1, 0.15) is 0 Å². The molecule has 0 radical (unpaired) electrons. The average Bonchev–Trinajstić information content (AvgIpc) is 3.16. The average molecular weight is 421 g/mol. The molecule has 7 nitrogen and oxygen atoms in total. The standard InChI is InChI=1S/C21H32N4O3S/c1-22-20(24-10-9-21(17-24)7-4-8-21)23-15-18-5-2-3-6-19(18)16-29(26,27)25-11-13-28-14-12-25/h2-3,5-6H,4,7-17H2,1H3,(H,22,23). The highest BCUT2D eigenvalue weighted by atomic mass is 32.2. The summed E-state index contributed by atoms with van der Waals surface area (Å²) in [4.78, 5) is 6.83. The highest BCUT2D eigenvalue weighted by Crippen LogP contribution is 2.47. The molecule has 3 aliphatic rings. The number of likely N-dealkylation sites (tertiary alicyclic amines) is 1. The summed E-state index contributed by atoms with van der Waals surface area (Å²) >= 11 is 0. The molecule has 0 aromatic heterocycles. The monoisotopic (exact) mass is 420 g/mol. The van der Waals surface area contributed by atoms with Crippen LogP contribution in [0.5, 0.6) is 0 Å². The van der Waals surface area contributed by atoms with Crippen LogP contribution in [0.2, 0.25) is 0 Å². The van der Waals surface area contributed by atoms with Crippen molar-refractivity contribution in [3.05, 3.63) is 35.4 Å². The van der Waals surface area contributed by atoms with Gasteiger partial charge in [0.2, 0.25) is 10.0 Å². The van der Waals surface area contributed by atoms with E-state index in [0.717, 1.165) is 30.2 Å². The lowest BCUT2D eigenvalue weighted by Gasteiger charge is -2.38. The Kier molecular flexibility index (Phi) is 6.13. The summed E-state index contributed by atoms with van der Waals surface area (Å²) in [6.07, 6.45) is 5.28. The van der Waals surface area contributed by atoms with Gasteiger partial charge >= 0.3 is 0 Å². The van der Waals surface area contributed by atoms with Crippen molar-refractivity contribution < 1.29 is 13.2 Å². The molecule has 0 atom stereocenters. The zero-order valence-electron chi connectivity index (χ0n) is 17.3. The number of hydrogen-bond acceptors (Lipinski definition) is 4. The first-order valence-electron chi connectivity index (χ1n) is 10.6. The van der Waals surface area contributed by atoms with Crippen molar-refractivity contribution in [1.82, 2.24) is 14.5 Å². The van der Waals surface area contributed by atoms with Crippen LogP contribution < -0.4 is 5.32 Å². The zero-order valence-corrected chi connectivity index (χ0v) is 18.1. The molecular formula is C21H32N4O3S. The molecule has 29 heavy (non-hydrogen) atoms. The topological polar surface area (TPSA) is 74.2 Å². The maximum Gasteiger partial charge on any atom is 0.218 e. The van der Waals surface area contributed by atoms with Crippen LogP contribution >= 0.6 is 0 Å². The van der Waals surface area contributed by atoms with Crippen LogP contribution in [0.4, 0.5) is 0 Å². The van der Waals surface area contributed by atoms with E-state index < -0.39 is 10.0 Å². The Morgan fingerprint density at radius 3 is 2.48 bits per heavy atom. The van der Waals surface area contributed by atoms with Crippen LogP contribution in [-0.2, 0) is 27.1 Å². The normalized spacial score (nSPS) is 22.7. The molecule has 1 aromatic rings. The fourth-order valence-corrected chi connectivity index (χ4v) is 6.25. The molecule has 0 unspecified atom stereocenters. The van der Waals surface area contributed by atoms with Crippen LogP contribution in [-0.4, -0.2) is 70.0 Å². The Hall–Kier alpha value is -1.64. The Labute approximate surface area is 174 Å². The minimum Gasteiger partial charge on any atom is -0.379 e. The lowest BCUT2D eigenvalue weighted by molar-refractivity contribution is 0.0729. The Morgan fingerprint density at radius 1 is 1.14 bits per heavy atom. The number of rotatable bonds is 5. The second-order valence-electron chi connectivity index (χ2n) is 8.46. The van der Waals surface area contributed by atoms with Gasteiger partial charge < -0.3 is 15.0 Å². The first kappa shape index (κ1) is 20.6. The molecule has 4 rings (SSSR count). The van der Waals surface area contributed by atoms with Gasteiger partial charge in [0, 0.05) is 39.8 Å². The molecule has 1 aromatic carbocycles. The predicted molar refractivity (Wildman–Crippen MR) is 114 cm³/mol. The first-order chi connectivity index (χ1) is 14.0. The summed E-state index contributed by atoms with van der Waals surface area (Å²) in [5, 5.41) is 3.47. The Bertz CT molecular complexity index is 845. The van der Waals surface area contributed by atoms with Crippen molar-refractivity contribution in [2.75, 3.05) is 46.4 Å². The van der Waals surface area contributed by atoms with Gasteiger partial charge in [0.05, 0.1) is 19.0 Å². The van der Waals surface area contributed by atoms with E-state index in [4.69, 9.17) is 4.74 Å². The third-order valence-corrected chi connectivity index (χ3v) is 8.45. The van der Waals surface area contributed by atoms with E-state index in [-0.39, 0.29) is 5.75 Å². The number of nitrogens with zero attached hydrogens (tertiary/aromatic N) is 3. The smallest absolute Gasteiger partial charge is 0.218 e. The number of aliphatic imine (C=N–C) groups is 1. The number of ether oxygens (including phenoxy) is 1. The fraction of sp³-hybridized carbons (Fsp3) is 0.667. The number of nitrogens with one attached hydrogen (secondary N) is 1. The minimum atomic E-state index is -3.34. The fourth-order valence-electron chi connectivity index (χ4n) is 4.69. The summed E-state index contributed by atoms with van der Waals surface area (Å²) in [5.41, 5.74) is 2.36. The van der Waals surface area contributed by atoms with Crippen LogP contribution in [0.1, 0.15) is 36.8 Å². The van der Waals surface area contributed by atoms with Crippen molar-refractivity contribution in [2.45, 2.75) is 38.0 Å². The molecule has 1 saturated carbocycles. The Balaban J connectivity index is 1.40. The van der Waals surface area contributed by atoms with E-state index in [1.165, 1.54) is 25.7 Å². The van der Waals surface area contributed by atoms with E-state index in [1.807, 2.05) is 31.3 Å². The second kappa shape index (κ2) is 8.62. The van der Waals surface area contributed by atoms with Gasteiger partial charge in [-0.05, 0) is 35.8 Å². The summed E-state index contributed by atoms with van der Waals surface area (Å²) in [6.45, 7) is 4.52. The lowest BCUT2D eigenvalue weighted by Crippen LogP contribution is -2.42. The highest BCUT2D eigenvalue weighted by Gasteiger charge is 2.43. The van der Waals surface area contributed by atoms with Crippen LogP contribution in [0.3, 0.4) is 0 Å². The number of sulfonamides is 1. The lowest BCUT2D eigenvalue weighted by atomic mass is 9.68. The molecule has 8 heteroatoms. The third-order valence-electron chi connectivity index (χ3n) is 6.62. The number of guanidine groups is 1. The molecule has 160 valence electrons. The number of hydrogen-bond donors (Lipinski definition) is 1. The molecule has 2 saturated heterocycles. The molecule has 1 aliphatic carbocycles. The number of benzene rings is 1. The molecule has 0 bridgehead atoms. The van der Waals surface area contributed by atoms with Crippen molar-refractivity contribution >= 4 is 16.0 Å². The van der Waals surface area contributed by atoms with Crippen LogP contribution in [0.25, 0.3) is 0 Å². The van der Waals surface area contributed by atoms with E-state index in [2.05, 4.69) is 15.2 Å². The van der Waals surface area contributed by atoms with Gasteiger partial charge in [0.15, 0.2) is 5.96 Å². The quantitative estimate of drug-likeness (QED) is 0.581. The molecule has 1 spiro atoms. The first-order valence-corrected chi connectivity index (χ1v) is 12.2. The molecule has 3 fully saturated rings. The maximum atomic E-state index is 12.8. The highest BCUT2D eigenvalue weighted by molar-refractivity contribution is 7.88. The predicted octanol–water partition coefficient (Wildman–Crippen LogP) is 1.80. The van der Waals surface area contributed by atoms with E-state index in [1.54, 1.807) is 4.31 Å². The molecular weight excluding hydrogens is 388 g/mol. The van der Waals surface area contributed by atoms with Gasteiger partial charge in [-0.2, -0.15) is 4.31 Å². The zero-order chi connectivity index (χ0) is 20.3. The molecule has 2 heterocycles. The third kappa shape index (κ3) is 4.59. The van der Waals surface area contributed by atoms with E-state index in [9.17, 15) is 8.42 Å². The van der Waals surface area contributed by atoms with E-state index in [0.29, 0.717) is 38.3 Å². The summed E-state index contributed by atoms with van der Waals surface area (Å²) in [7, 11) is -1.52. The number of morpholine rings is 1. The van der Waals surface area contributed by atoms with Gasteiger partial charge in [-0.25, -0.2) is 8.42 Å². The molecule has 0 amide bonds. The van der Waals surface area contributed by atoms with Crippen LogP contribution in [0.15, 0.2) is 29.3 Å².